The molecule has 5 aromatic rings. The van der Waals surface area contributed by atoms with E-state index in [1.165, 1.54) is 11.1 Å². The van der Waals surface area contributed by atoms with Crippen LogP contribution in [0.2, 0.25) is 0 Å². The summed E-state index contributed by atoms with van der Waals surface area (Å²) < 4.78 is 2.07. The number of aryl methyl sites for hydroxylation is 1. The van der Waals surface area contributed by atoms with Crippen molar-refractivity contribution < 1.29 is 0 Å². The number of hydrogen-bond acceptors (Lipinski definition) is 4. The third-order valence-corrected chi connectivity index (χ3v) is 7.65. The average Bonchev–Trinajstić information content (AvgIpc) is 3.30. The first-order valence-corrected chi connectivity index (χ1v) is 13.6. The second-order valence-corrected chi connectivity index (χ2v) is 10.5. The molecule has 38 heavy (non-hydrogen) atoms. The summed E-state index contributed by atoms with van der Waals surface area (Å²) in [6.45, 7) is 10.4. The lowest BCUT2D eigenvalue weighted by Crippen LogP contribution is -2.48. The van der Waals surface area contributed by atoms with E-state index in [1.54, 1.807) is 0 Å². The molecule has 2 aromatic heterocycles. The molecule has 0 bridgehead atoms. The molecule has 0 unspecified atom stereocenters. The fourth-order valence-corrected chi connectivity index (χ4v) is 5.68. The summed E-state index contributed by atoms with van der Waals surface area (Å²) in [6.07, 6.45) is 0. The van der Waals surface area contributed by atoms with Gasteiger partial charge in [-0.2, -0.15) is 9.61 Å². The molecular formula is C33H35N5. The Balaban J connectivity index is 1.35. The smallest absolute Gasteiger partial charge is 0.165 e. The van der Waals surface area contributed by atoms with Crippen LogP contribution in [0, 0.1) is 6.92 Å². The number of nitrogens with zero attached hydrogens (tertiary/aromatic N) is 5. The topological polar surface area (TPSA) is 36.7 Å². The predicted molar refractivity (Wildman–Crippen MR) is 156 cm³/mol. The second-order valence-electron chi connectivity index (χ2n) is 10.5. The van der Waals surface area contributed by atoms with Crippen molar-refractivity contribution >= 4 is 11.5 Å². The van der Waals surface area contributed by atoms with Gasteiger partial charge in [0.25, 0.3) is 0 Å². The minimum atomic E-state index is 0.250. The molecular weight excluding hydrogens is 466 g/mol. The van der Waals surface area contributed by atoms with Crippen molar-refractivity contribution in [1.82, 2.24) is 19.5 Å². The van der Waals surface area contributed by atoms with Crippen molar-refractivity contribution in [1.29, 1.82) is 0 Å². The highest BCUT2D eigenvalue weighted by Crippen LogP contribution is 2.34. The molecule has 1 aliphatic rings. The Morgan fingerprint density at radius 3 is 1.82 bits per heavy atom. The van der Waals surface area contributed by atoms with Crippen molar-refractivity contribution in [2.45, 2.75) is 32.7 Å². The molecule has 0 amide bonds. The highest BCUT2D eigenvalue weighted by molar-refractivity contribution is 5.81. The van der Waals surface area contributed by atoms with Gasteiger partial charge in [-0.15, -0.1) is 0 Å². The first kappa shape index (κ1) is 24.4. The number of rotatable bonds is 6. The summed E-state index contributed by atoms with van der Waals surface area (Å²) in [7, 11) is 0. The zero-order chi connectivity index (χ0) is 26.1. The molecule has 0 N–H and O–H groups in total. The zero-order valence-electron chi connectivity index (χ0n) is 22.5. The Morgan fingerprint density at radius 2 is 1.26 bits per heavy atom. The van der Waals surface area contributed by atoms with E-state index in [9.17, 15) is 0 Å². The van der Waals surface area contributed by atoms with Crippen LogP contribution in [0.15, 0.2) is 97.1 Å². The third kappa shape index (κ3) is 4.59. The van der Waals surface area contributed by atoms with Gasteiger partial charge in [0.15, 0.2) is 5.65 Å². The molecule has 6 rings (SSSR count). The van der Waals surface area contributed by atoms with Gasteiger partial charge in [-0.1, -0.05) is 105 Å². The molecule has 192 valence electrons. The van der Waals surface area contributed by atoms with E-state index in [2.05, 4.69) is 132 Å². The molecule has 3 heterocycles. The first-order chi connectivity index (χ1) is 18.6. The molecule has 3 aromatic carbocycles. The van der Waals surface area contributed by atoms with Gasteiger partial charge in [0.2, 0.25) is 0 Å². The van der Waals surface area contributed by atoms with Gasteiger partial charge in [-0.3, -0.25) is 4.90 Å². The van der Waals surface area contributed by atoms with Crippen molar-refractivity contribution in [2.24, 2.45) is 0 Å². The van der Waals surface area contributed by atoms with Gasteiger partial charge in [0.05, 0.1) is 11.7 Å². The van der Waals surface area contributed by atoms with Crippen LogP contribution in [-0.2, 0) is 0 Å². The van der Waals surface area contributed by atoms with E-state index in [0.29, 0.717) is 5.92 Å². The average molecular weight is 502 g/mol. The van der Waals surface area contributed by atoms with E-state index in [-0.39, 0.29) is 6.04 Å². The molecule has 0 saturated carbocycles. The lowest BCUT2D eigenvalue weighted by molar-refractivity contribution is 0.211. The number of benzene rings is 3. The van der Waals surface area contributed by atoms with Gasteiger partial charge in [0.1, 0.15) is 5.82 Å². The molecule has 1 fully saturated rings. The normalized spacial score (nSPS) is 14.6. The van der Waals surface area contributed by atoms with Crippen LogP contribution >= 0.6 is 0 Å². The fraction of sp³-hybridized carbons (Fsp3) is 0.273. The molecule has 5 nitrogen and oxygen atoms in total. The number of aromatic nitrogens is 3. The fourth-order valence-electron chi connectivity index (χ4n) is 5.68. The van der Waals surface area contributed by atoms with Gasteiger partial charge < -0.3 is 4.90 Å². The maximum absolute atomic E-state index is 5.11. The molecule has 0 atom stereocenters. The van der Waals surface area contributed by atoms with Crippen molar-refractivity contribution in [3.05, 3.63) is 120 Å². The molecule has 5 heteroatoms. The predicted octanol–water partition coefficient (Wildman–Crippen LogP) is 6.74. The Labute approximate surface area is 225 Å². The molecule has 1 aliphatic heterocycles. The summed E-state index contributed by atoms with van der Waals surface area (Å²) in [5, 5.41) is 5.01. The maximum Gasteiger partial charge on any atom is 0.165 e. The van der Waals surface area contributed by atoms with Crippen molar-refractivity contribution in [3.8, 4) is 11.1 Å². The van der Waals surface area contributed by atoms with Crippen LogP contribution in [0.4, 0.5) is 5.82 Å². The maximum atomic E-state index is 5.11. The van der Waals surface area contributed by atoms with Crippen LogP contribution < -0.4 is 4.90 Å². The van der Waals surface area contributed by atoms with Crippen LogP contribution in [-0.4, -0.2) is 45.7 Å². The standard InChI is InChI=1S/C33H35N5/c1-24(2)29-23-30(38-33(34-29)31(25(3)35-38)26-13-7-4-8-14-26)36-19-21-37(22-20-36)32(27-15-9-5-10-16-27)28-17-11-6-12-18-28/h4-18,23-24,32H,19-22H2,1-3H3. The first-order valence-electron chi connectivity index (χ1n) is 13.6. The second kappa shape index (κ2) is 10.4. The summed E-state index contributed by atoms with van der Waals surface area (Å²) in [5.74, 6) is 1.47. The van der Waals surface area contributed by atoms with Crippen molar-refractivity contribution in [2.75, 3.05) is 31.1 Å². The van der Waals surface area contributed by atoms with Crippen LogP contribution in [0.1, 0.15) is 48.3 Å². The summed E-state index contributed by atoms with van der Waals surface area (Å²) in [6, 6.07) is 34.8. The van der Waals surface area contributed by atoms with Crippen LogP contribution in [0.25, 0.3) is 16.8 Å². The van der Waals surface area contributed by atoms with E-state index in [4.69, 9.17) is 10.1 Å². The Hall–Kier alpha value is -3.96. The SMILES string of the molecule is Cc1nn2c(N3CCN(C(c4ccccc4)c4ccccc4)CC3)cc(C(C)C)nc2c1-c1ccccc1. The Bertz CT molecular complexity index is 1460. The largest absolute Gasteiger partial charge is 0.354 e. The van der Waals surface area contributed by atoms with Crippen LogP contribution in [0.3, 0.4) is 0 Å². The quantitative estimate of drug-likeness (QED) is 0.258. The van der Waals surface area contributed by atoms with Gasteiger partial charge in [0, 0.05) is 43.5 Å². The van der Waals surface area contributed by atoms with Crippen LogP contribution in [0.5, 0.6) is 0 Å². The lowest BCUT2D eigenvalue weighted by atomic mass is 9.96. The summed E-state index contributed by atoms with van der Waals surface area (Å²) in [4.78, 5) is 10.2. The molecule has 0 spiro atoms. The van der Waals surface area contributed by atoms with Gasteiger partial charge in [-0.05, 0) is 29.5 Å². The highest BCUT2D eigenvalue weighted by Gasteiger charge is 2.28. The van der Waals surface area contributed by atoms with E-state index < -0.39 is 0 Å². The van der Waals surface area contributed by atoms with Crippen molar-refractivity contribution in [3.63, 3.8) is 0 Å². The highest BCUT2D eigenvalue weighted by atomic mass is 15.4. The van der Waals surface area contributed by atoms with E-state index in [1.807, 2.05) is 0 Å². The Morgan fingerprint density at radius 1 is 0.711 bits per heavy atom. The lowest BCUT2D eigenvalue weighted by Gasteiger charge is -2.40. The number of fused-ring (bicyclic) bond motifs is 1. The molecule has 1 saturated heterocycles. The zero-order valence-corrected chi connectivity index (χ0v) is 22.5. The van der Waals surface area contributed by atoms with E-state index >= 15 is 0 Å². The molecule has 0 radical (unpaired) electrons. The number of hydrogen-bond donors (Lipinski definition) is 0. The number of anilines is 1. The minimum Gasteiger partial charge on any atom is -0.354 e. The van der Waals surface area contributed by atoms with E-state index in [0.717, 1.165) is 60.2 Å². The van der Waals surface area contributed by atoms with Gasteiger partial charge in [-0.25, -0.2) is 4.98 Å². The number of piperazine rings is 1. The third-order valence-electron chi connectivity index (χ3n) is 7.65. The monoisotopic (exact) mass is 501 g/mol. The van der Waals surface area contributed by atoms with Gasteiger partial charge >= 0.3 is 0 Å². The summed E-state index contributed by atoms with van der Waals surface area (Å²) in [5.41, 5.74) is 8.05. The Kier molecular flexibility index (Phi) is 6.69. The minimum absolute atomic E-state index is 0.250. The molecule has 0 aliphatic carbocycles. The summed E-state index contributed by atoms with van der Waals surface area (Å²) >= 11 is 0.